The molecule has 1 saturated heterocycles. The number of benzene rings is 1. The van der Waals surface area contributed by atoms with E-state index in [9.17, 15) is 9.90 Å². The molecule has 1 aromatic heterocycles. The minimum atomic E-state index is -0.499. The summed E-state index contributed by atoms with van der Waals surface area (Å²) in [5.41, 5.74) is 3.96. The van der Waals surface area contributed by atoms with Crippen molar-refractivity contribution in [3.63, 3.8) is 0 Å². The predicted octanol–water partition coefficient (Wildman–Crippen LogP) is 3.47. The molecule has 0 bridgehead atoms. The van der Waals surface area contributed by atoms with Crippen LogP contribution >= 0.6 is 0 Å². The molecule has 144 valence electrons. The number of rotatable bonds is 6. The van der Waals surface area contributed by atoms with Gasteiger partial charge in [-0.25, -0.2) is 0 Å². The van der Waals surface area contributed by atoms with Gasteiger partial charge in [0.1, 0.15) is 0 Å². The summed E-state index contributed by atoms with van der Waals surface area (Å²) in [5.74, 6) is 0.291. The molecule has 27 heavy (non-hydrogen) atoms. The van der Waals surface area contributed by atoms with Gasteiger partial charge in [-0.15, -0.1) is 0 Å². The Kier molecular flexibility index (Phi) is 6.58. The molecular formula is C22H29N3O2. The zero-order chi connectivity index (χ0) is 19.2. The van der Waals surface area contributed by atoms with Gasteiger partial charge in [0, 0.05) is 24.8 Å². The first-order valence-corrected chi connectivity index (χ1v) is 9.72. The average molecular weight is 367 g/mol. The van der Waals surface area contributed by atoms with Crippen molar-refractivity contribution in [3.05, 3.63) is 59.4 Å². The second-order valence-corrected chi connectivity index (χ2v) is 7.42. The number of hydrogen-bond donors (Lipinski definition) is 2. The lowest BCUT2D eigenvalue weighted by molar-refractivity contribution is -0.116. The van der Waals surface area contributed by atoms with Gasteiger partial charge in [0.15, 0.2) is 0 Å². The van der Waals surface area contributed by atoms with Gasteiger partial charge in [-0.2, -0.15) is 0 Å². The number of hydrogen-bond acceptors (Lipinski definition) is 4. The first-order valence-electron chi connectivity index (χ1n) is 9.72. The van der Waals surface area contributed by atoms with Crippen molar-refractivity contribution in [2.24, 2.45) is 5.92 Å². The third-order valence-corrected chi connectivity index (χ3v) is 5.60. The third-order valence-electron chi connectivity index (χ3n) is 5.60. The van der Waals surface area contributed by atoms with Crippen LogP contribution in [0.25, 0.3) is 0 Å². The first-order chi connectivity index (χ1) is 13.0. The van der Waals surface area contributed by atoms with Crippen molar-refractivity contribution in [1.82, 2.24) is 9.88 Å². The molecule has 0 aliphatic carbocycles. The third kappa shape index (κ3) is 5.15. The number of amides is 1. The van der Waals surface area contributed by atoms with Crippen LogP contribution in [0.2, 0.25) is 0 Å². The molecule has 1 amide bonds. The summed E-state index contributed by atoms with van der Waals surface area (Å²) in [6, 6.07) is 11.6. The minimum absolute atomic E-state index is 0.0549. The largest absolute Gasteiger partial charge is 0.387 e. The maximum atomic E-state index is 12.3. The molecule has 0 radical (unpaired) electrons. The Morgan fingerprint density at radius 1 is 1.22 bits per heavy atom. The highest BCUT2D eigenvalue weighted by atomic mass is 16.3. The summed E-state index contributed by atoms with van der Waals surface area (Å²) >= 11 is 0. The number of aromatic nitrogens is 1. The van der Waals surface area contributed by atoms with Crippen molar-refractivity contribution in [2.45, 2.75) is 39.2 Å². The van der Waals surface area contributed by atoms with E-state index in [2.05, 4.69) is 28.2 Å². The lowest BCUT2D eigenvalue weighted by atomic mass is 9.89. The monoisotopic (exact) mass is 367 g/mol. The van der Waals surface area contributed by atoms with Crippen LogP contribution in [0.15, 0.2) is 42.6 Å². The number of carbonyl (C=O) groups is 1. The van der Waals surface area contributed by atoms with Crippen LogP contribution in [0.1, 0.15) is 42.2 Å². The van der Waals surface area contributed by atoms with Crippen molar-refractivity contribution in [2.75, 3.05) is 25.0 Å². The van der Waals surface area contributed by atoms with Gasteiger partial charge in [0.25, 0.3) is 0 Å². The first kappa shape index (κ1) is 19.5. The number of likely N-dealkylation sites (tertiary alicyclic amines) is 1. The Morgan fingerprint density at radius 3 is 2.70 bits per heavy atom. The van der Waals surface area contributed by atoms with Crippen LogP contribution < -0.4 is 5.32 Å². The average Bonchev–Trinajstić information content (AvgIpc) is 2.70. The summed E-state index contributed by atoms with van der Waals surface area (Å²) in [7, 11) is 0. The second kappa shape index (κ2) is 9.11. The fourth-order valence-electron chi connectivity index (χ4n) is 3.64. The van der Waals surface area contributed by atoms with Crippen LogP contribution in [0.4, 0.5) is 5.69 Å². The van der Waals surface area contributed by atoms with Crippen LogP contribution in [-0.2, 0) is 4.79 Å². The topological polar surface area (TPSA) is 65.5 Å². The predicted molar refractivity (Wildman–Crippen MR) is 108 cm³/mol. The van der Waals surface area contributed by atoms with E-state index >= 15 is 0 Å². The van der Waals surface area contributed by atoms with E-state index in [-0.39, 0.29) is 11.8 Å². The number of aryl methyl sites for hydroxylation is 1. The number of nitrogens with zero attached hydrogens (tertiary/aromatic N) is 2. The van der Waals surface area contributed by atoms with Gasteiger partial charge >= 0.3 is 0 Å². The highest BCUT2D eigenvalue weighted by molar-refractivity contribution is 5.91. The fourth-order valence-corrected chi connectivity index (χ4v) is 3.64. The molecule has 0 saturated carbocycles. The highest BCUT2D eigenvalue weighted by Gasteiger charge is 2.27. The van der Waals surface area contributed by atoms with Gasteiger partial charge in [-0.1, -0.05) is 18.2 Å². The van der Waals surface area contributed by atoms with E-state index in [4.69, 9.17) is 0 Å². The SMILES string of the molecule is Cc1cccc(NC(=O)CCN2CCC([C@@H](O)c3ccccn3)CC2)c1C. The van der Waals surface area contributed by atoms with E-state index in [1.165, 1.54) is 5.56 Å². The summed E-state index contributed by atoms with van der Waals surface area (Å²) in [4.78, 5) is 18.9. The van der Waals surface area contributed by atoms with E-state index in [0.29, 0.717) is 6.42 Å². The molecule has 1 aliphatic heterocycles. The maximum absolute atomic E-state index is 12.3. The Balaban J connectivity index is 1.43. The Hall–Kier alpha value is -2.24. The molecule has 2 heterocycles. The van der Waals surface area contributed by atoms with Crippen molar-refractivity contribution >= 4 is 11.6 Å². The van der Waals surface area contributed by atoms with Crippen molar-refractivity contribution < 1.29 is 9.90 Å². The number of aliphatic hydroxyl groups is 1. The molecule has 1 fully saturated rings. The number of aliphatic hydroxyl groups excluding tert-OH is 1. The lowest BCUT2D eigenvalue weighted by Crippen LogP contribution is -2.37. The van der Waals surface area contributed by atoms with E-state index < -0.39 is 6.10 Å². The van der Waals surface area contributed by atoms with Crippen LogP contribution in [0.3, 0.4) is 0 Å². The standard InChI is InChI=1S/C22H29N3O2/c1-16-6-5-8-19(17(16)2)24-21(26)11-15-25-13-9-18(10-14-25)22(27)20-7-3-4-12-23-20/h3-8,12,18,22,27H,9-11,13-15H2,1-2H3,(H,24,26)/t22-/m1/s1. The maximum Gasteiger partial charge on any atom is 0.225 e. The fraction of sp³-hybridized carbons (Fsp3) is 0.455. The second-order valence-electron chi connectivity index (χ2n) is 7.42. The molecule has 5 heteroatoms. The quantitative estimate of drug-likeness (QED) is 0.820. The van der Waals surface area contributed by atoms with Gasteiger partial charge in [0.2, 0.25) is 5.91 Å². The Morgan fingerprint density at radius 2 is 2.00 bits per heavy atom. The Labute approximate surface area is 161 Å². The number of nitrogens with one attached hydrogen (secondary N) is 1. The molecule has 1 atom stereocenters. The van der Waals surface area contributed by atoms with E-state index in [0.717, 1.165) is 49.4 Å². The normalized spacial score (nSPS) is 16.9. The zero-order valence-electron chi connectivity index (χ0n) is 16.2. The number of carbonyl (C=O) groups excluding carboxylic acids is 1. The van der Waals surface area contributed by atoms with Gasteiger partial charge in [-0.05, 0) is 75.0 Å². The molecular weight excluding hydrogens is 338 g/mol. The van der Waals surface area contributed by atoms with Crippen LogP contribution in [0, 0.1) is 19.8 Å². The van der Waals surface area contributed by atoms with E-state index in [1.807, 2.05) is 37.3 Å². The smallest absolute Gasteiger partial charge is 0.225 e. The van der Waals surface area contributed by atoms with Gasteiger partial charge < -0.3 is 15.3 Å². The molecule has 0 unspecified atom stereocenters. The van der Waals surface area contributed by atoms with Gasteiger partial charge in [0.05, 0.1) is 11.8 Å². The summed E-state index contributed by atoms with van der Waals surface area (Å²) < 4.78 is 0. The van der Waals surface area contributed by atoms with Gasteiger partial charge in [-0.3, -0.25) is 9.78 Å². The Bertz CT molecular complexity index is 755. The molecule has 0 spiro atoms. The summed E-state index contributed by atoms with van der Waals surface area (Å²) in [6.45, 7) is 6.65. The number of anilines is 1. The molecule has 1 aliphatic rings. The molecule has 2 N–H and O–H groups in total. The molecule has 2 aromatic rings. The minimum Gasteiger partial charge on any atom is -0.387 e. The van der Waals surface area contributed by atoms with Crippen molar-refractivity contribution in [1.29, 1.82) is 0 Å². The lowest BCUT2D eigenvalue weighted by Gasteiger charge is -2.33. The molecule has 5 nitrogen and oxygen atoms in total. The highest BCUT2D eigenvalue weighted by Crippen LogP contribution is 2.29. The zero-order valence-corrected chi connectivity index (χ0v) is 16.2. The van der Waals surface area contributed by atoms with Crippen molar-refractivity contribution in [3.8, 4) is 0 Å². The summed E-state index contributed by atoms with van der Waals surface area (Å²) in [6.07, 6.45) is 3.57. The van der Waals surface area contributed by atoms with Crippen LogP contribution in [0.5, 0.6) is 0 Å². The number of piperidine rings is 1. The molecule has 1 aromatic carbocycles. The van der Waals surface area contributed by atoms with E-state index in [1.54, 1.807) is 6.20 Å². The van der Waals surface area contributed by atoms with Crippen LogP contribution in [-0.4, -0.2) is 40.5 Å². The summed E-state index contributed by atoms with van der Waals surface area (Å²) in [5, 5.41) is 13.5. The number of pyridine rings is 1. The molecule has 3 rings (SSSR count).